The Bertz CT molecular complexity index is 653. The van der Waals surface area contributed by atoms with Crippen LogP contribution in [0.4, 0.5) is 0 Å². The third-order valence-corrected chi connectivity index (χ3v) is 2.77. The molecule has 3 heteroatoms. The first kappa shape index (κ1) is 10.1. The summed E-state index contributed by atoms with van der Waals surface area (Å²) in [6, 6.07) is 11.6. The zero-order valence-electron chi connectivity index (χ0n) is 9.13. The number of pyridine rings is 1. The third-order valence-electron chi connectivity index (χ3n) is 2.77. The van der Waals surface area contributed by atoms with Crippen molar-refractivity contribution in [3.05, 3.63) is 54.6 Å². The Hall–Kier alpha value is -2.13. The lowest BCUT2D eigenvalue weighted by Crippen LogP contribution is -1.80. The molecule has 0 saturated carbocycles. The molecule has 0 spiro atoms. The second-order valence-electron chi connectivity index (χ2n) is 3.83. The van der Waals surface area contributed by atoms with Gasteiger partial charge in [-0.3, -0.25) is 4.98 Å². The van der Waals surface area contributed by atoms with Gasteiger partial charge in [0.05, 0.1) is 0 Å². The highest BCUT2D eigenvalue weighted by atomic mass is 16.4. The van der Waals surface area contributed by atoms with E-state index >= 15 is 0 Å². The molecular formula is C14H11NO2. The standard InChI is InChI=1S/C14H11NO2/c16-9-11-4-5-14(17-11)12-3-1-2-10-6-7-15-8-13(10)12/h1-8,16H,9H2. The summed E-state index contributed by atoms with van der Waals surface area (Å²) < 4.78 is 5.55. The Morgan fingerprint density at radius 2 is 2.06 bits per heavy atom. The molecule has 2 aromatic heterocycles. The largest absolute Gasteiger partial charge is 0.459 e. The number of hydrogen-bond donors (Lipinski definition) is 1. The van der Waals surface area contributed by atoms with Gasteiger partial charge in [-0.15, -0.1) is 0 Å². The van der Waals surface area contributed by atoms with E-state index < -0.39 is 0 Å². The van der Waals surface area contributed by atoms with Gasteiger partial charge in [-0.25, -0.2) is 0 Å². The molecule has 0 bridgehead atoms. The average molecular weight is 225 g/mol. The van der Waals surface area contributed by atoms with Crippen molar-refractivity contribution in [2.45, 2.75) is 6.61 Å². The number of rotatable bonds is 2. The molecule has 0 atom stereocenters. The number of furan rings is 1. The van der Waals surface area contributed by atoms with Crippen molar-refractivity contribution in [1.82, 2.24) is 4.98 Å². The highest BCUT2D eigenvalue weighted by Gasteiger charge is 2.07. The fraction of sp³-hybridized carbons (Fsp3) is 0.0714. The summed E-state index contributed by atoms with van der Waals surface area (Å²) in [4.78, 5) is 4.13. The van der Waals surface area contributed by atoms with Crippen molar-refractivity contribution in [2.75, 3.05) is 0 Å². The monoisotopic (exact) mass is 225 g/mol. The van der Waals surface area contributed by atoms with Crippen molar-refractivity contribution in [3.63, 3.8) is 0 Å². The number of aliphatic hydroxyl groups excluding tert-OH is 1. The smallest absolute Gasteiger partial charge is 0.135 e. The Kier molecular flexibility index (Phi) is 2.38. The van der Waals surface area contributed by atoms with Gasteiger partial charge in [0.15, 0.2) is 0 Å². The van der Waals surface area contributed by atoms with Crippen LogP contribution < -0.4 is 0 Å². The van der Waals surface area contributed by atoms with E-state index in [4.69, 9.17) is 9.52 Å². The molecule has 2 heterocycles. The lowest BCUT2D eigenvalue weighted by molar-refractivity contribution is 0.248. The van der Waals surface area contributed by atoms with E-state index in [1.165, 1.54) is 0 Å². The van der Waals surface area contributed by atoms with E-state index in [0.29, 0.717) is 5.76 Å². The van der Waals surface area contributed by atoms with Crippen LogP contribution >= 0.6 is 0 Å². The van der Waals surface area contributed by atoms with Crippen LogP contribution in [-0.4, -0.2) is 10.1 Å². The van der Waals surface area contributed by atoms with Crippen molar-refractivity contribution < 1.29 is 9.52 Å². The van der Waals surface area contributed by atoms with Crippen LogP contribution in [0.25, 0.3) is 22.1 Å². The van der Waals surface area contributed by atoms with Gasteiger partial charge in [0.1, 0.15) is 18.1 Å². The lowest BCUT2D eigenvalue weighted by Gasteiger charge is -2.02. The number of benzene rings is 1. The van der Waals surface area contributed by atoms with Gasteiger partial charge in [-0.2, -0.15) is 0 Å². The Morgan fingerprint density at radius 3 is 2.88 bits per heavy atom. The molecule has 0 amide bonds. The van der Waals surface area contributed by atoms with Crippen molar-refractivity contribution in [3.8, 4) is 11.3 Å². The highest BCUT2D eigenvalue weighted by Crippen LogP contribution is 2.29. The van der Waals surface area contributed by atoms with E-state index in [1.54, 1.807) is 12.3 Å². The maximum atomic E-state index is 9.01. The maximum Gasteiger partial charge on any atom is 0.135 e. The number of aromatic nitrogens is 1. The molecule has 3 aromatic rings. The minimum Gasteiger partial charge on any atom is -0.459 e. The van der Waals surface area contributed by atoms with E-state index in [9.17, 15) is 0 Å². The summed E-state index contributed by atoms with van der Waals surface area (Å²) in [6.45, 7) is -0.0803. The van der Waals surface area contributed by atoms with Crippen LogP contribution in [0.1, 0.15) is 5.76 Å². The van der Waals surface area contributed by atoms with Crippen LogP contribution in [0.5, 0.6) is 0 Å². The second-order valence-corrected chi connectivity index (χ2v) is 3.83. The summed E-state index contributed by atoms with van der Waals surface area (Å²) in [5.74, 6) is 1.33. The van der Waals surface area contributed by atoms with Crippen molar-refractivity contribution >= 4 is 10.8 Å². The van der Waals surface area contributed by atoms with Gasteiger partial charge in [0.25, 0.3) is 0 Å². The first-order chi connectivity index (χ1) is 8.38. The van der Waals surface area contributed by atoms with Crippen molar-refractivity contribution in [2.24, 2.45) is 0 Å². The molecule has 84 valence electrons. The van der Waals surface area contributed by atoms with E-state index in [-0.39, 0.29) is 6.61 Å². The molecule has 17 heavy (non-hydrogen) atoms. The number of fused-ring (bicyclic) bond motifs is 1. The summed E-state index contributed by atoms with van der Waals surface area (Å²) >= 11 is 0. The van der Waals surface area contributed by atoms with Gasteiger partial charge in [-0.1, -0.05) is 18.2 Å². The lowest BCUT2D eigenvalue weighted by atomic mass is 10.1. The second kappa shape index (κ2) is 4.03. The topological polar surface area (TPSA) is 46.3 Å². The fourth-order valence-corrected chi connectivity index (χ4v) is 1.94. The van der Waals surface area contributed by atoms with Crippen LogP contribution in [0.3, 0.4) is 0 Å². The van der Waals surface area contributed by atoms with Gasteiger partial charge in [0.2, 0.25) is 0 Å². The van der Waals surface area contributed by atoms with Crippen LogP contribution in [0, 0.1) is 0 Å². The summed E-state index contributed by atoms with van der Waals surface area (Å²) in [6.07, 6.45) is 3.60. The third kappa shape index (κ3) is 1.70. The van der Waals surface area contributed by atoms with Crippen molar-refractivity contribution in [1.29, 1.82) is 0 Å². The predicted molar refractivity (Wildman–Crippen MR) is 65.4 cm³/mol. The van der Waals surface area contributed by atoms with E-state index in [2.05, 4.69) is 4.98 Å². The van der Waals surface area contributed by atoms with Crippen LogP contribution in [0.2, 0.25) is 0 Å². The molecule has 0 unspecified atom stereocenters. The Labute approximate surface area is 98.3 Å². The molecular weight excluding hydrogens is 214 g/mol. The van der Waals surface area contributed by atoms with Crippen LogP contribution in [-0.2, 0) is 6.61 Å². The number of hydrogen-bond acceptors (Lipinski definition) is 3. The van der Waals surface area contributed by atoms with Gasteiger partial charge < -0.3 is 9.52 Å². The van der Waals surface area contributed by atoms with E-state index in [1.807, 2.05) is 36.5 Å². The molecule has 3 rings (SSSR count). The number of aliphatic hydroxyl groups is 1. The minimum atomic E-state index is -0.0803. The zero-order chi connectivity index (χ0) is 11.7. The molecule has 1 aromatic carbocycles. The summed E-state index contributed by atoms with van der Waals surface area (Å²) in [5, 5.41) is 11.2. The highest BCUT2D eigenvalue weighted by molar-refractivity contribution is 5.94. The first-order valence-corrected chi connectivity index (χ1v) is 5.41. The molecule has 0 aliphatic carbocycles. The average Bonchev–Trinajstić information content (AvgIpc) is 2.87. The molecule has 0 aliphatic rings. The van der Waals surface area contributed by atoms with Gasteiger partial charge >= 0.3 is 0 Å². The predicted octanol–water partition coefficient (Wildman–Crippen LogP) is 2.99. The fourth-order valence-electron chi connectivity index (χ4n) is 1.94. The number of nitrogens with zero attached hydrogens (tertiary/aromatic N) is 1. The van der Waals surface area contributed by atoms with Gasteiger partial charge in [-0.05, 0) is 23.6 Å². The molecule has 3 nitrogen and oxygen atoms in total. The first-order valence-electron chi connectivity index (χ1n) is 5.41. The summed E-state index contributed by atoms with van der Waals surface area (Å²) in [5.41, 5.74) is 0.996. The van der Waals surface area contributed by atoms with E-state index in [0.717, 1.165) is 22.1 Å². The maximum absolute atomic E-state index is 9.01. The molecule has 0 radical (unpaired) electrons. The zero-order valence-corrected chi connectivity index (χ0v) is 9.13. The molecule has 0 aliphatic heterocycles. The van der Waals surface area contributed by atoms with Crippen LogP contribution in [0.15, 0.2) is 53.2 Å². The van der Waals surface area contributed by atoms with Gasteiger partial charge in [0, 0.05) is 23.3 Å². The quantitative estimate of drug-likeness (QED) is 0.729. The minimum absolute atomic E-state index is 0.0803. The Balaban J connectivity index is 2.23. The summed E-state index contributed by atoms with van der Waals surface area (Å²) in [7, 11) is 0. The molecule has 0 fully saturated rings. The molecule has 0 saturated heterocycles. The Morgan fingerprint density at radius 1 is 1.12 bits per heavy atom. The molecule has 1 N–H and O–H groups in total. The SMILES string of the molecule is OCc1ccc(-c2cccc3ccncc23)o1. The normalized spacial score (nSPS) is 10.9.